The van der Waals surface area contributed by atoms with Crippen molar-refractivity contribution in [2.24, 2.45) is 5.92 Å². The molecule has 1 fully saturated rings. The Morgan fingerprint density at radius 1 is 1.29 bits per heavy atom. The summed E-state index contributed by atoms with van der Waals surface area (Å²) in [5, 5.41) is 9.18. The number of aromatic nitrogens is 2. The minimum absolute atomic E-state index is 0.00624. The van der Waals surface area contributed by atoms with Crippen molar-refractivity contribution < 1.29 is 28.3 Å². The van der Waals surface area contributed by atoms with Gasteiger partial charge < -0.3 is 15.0 Å². The molecule has 5 rings (SSSR count). The fourth-order valence-electron chi connectivity index (χ4n) is 4.89. The molecule has 2 unspecified atom stereocenters. The number of fused-ring (bicyclic) bond motifs is 2. The van der Waals surface area contributed by atoms with Crippen LogP contribution in [0, 0.1) is 11.7 Å². The number of hydrogen-bond donors (Lipinski definition) is 2. The number of aryl methyl sites for hydroxylation is 1. The zero-order valence-electron chi connectivity index (χ0n) is 19.3. The lowest BCUT2D eigenvalue weighted by Crippen LogP contribution is -2.52. The minimum Gasteiger partial charge on any atom is -0.443 e. The molecule has 11 heteroatoms. The molecule has 0 aliphatic carbocycles. The predicted molar refractivity (Wildman–Crippen MR) is 119 cm³/mol. The molecule has 4 heterocycles. The van der Waals surface area contributed by atoms with E-state index in [9.17, 15) is 19.2 Å². The molecular weight excluding hydrogens is 457 g/mol. The van der Waals surface area contributed by atoms with Gasteiger partial charge in [-0.05, 0) is 36.8 Å². The van der Waals surface area contributed by atoms with Gasteiger partial charge in [0.2, 0.25) is 11.8 Å². The zero-order valence-corrected chi connectivity index (χ0v) is 19.3. The van der Waals surface area contributed by atoms with E-state index in [1.807, 2.05) is 10.7 Å². The molecule has 10 nitrogen and oxygen atoms in total. The van der Waals surface area contributed by atoms with Gasteiger partial charge >= 0.3 is 6.09 Å². The summed E-state index contributed by atoms with van der Waals surface area (Å²) in [4.78, 5) is 49.9. The largest absolute Gasteiger partial charge is 0.443 e. The van der Waals surface area contributed by atoms with Gasteiger partial charge in [0.05, 0.1) is 5.56 Å². The number of benzene rings is 1. The Morgan fingerprint density at radius 2 is 2.11 bits per heavy atom. The first kappa shape index (κ1) is 23.0. The molecule has 1 aromatic heterocycles. The molecule has 3 aliphatic heterocycles. The van der Waals surface area contributed by atoms with Gasteiger partial charge in [0.1, 0.15) is 24.2 Å². The quantitative estimate of drug-likeness (QED) is 0.626. The number of nitrogens with one attached hydrogen (secondary N) is 2. The maximum Gasteiger partial charge on any atom is 0.407 e. The van der Waals surface area contributed by atoms with Gasteiger partial charge in [-0.2, -0.15) is 5.10 Å². The fourth-order valence-corrected chi connectivity index (χ4v) is 4.89. The second-order valence-corrected chi connectivity index (χ2v) is 9.35. The number of piperidine rings is 1. The average Bonchev–Trinajstić information content (AvgIpc) is 3.37. The van der Waals surface area contributed by atoms with Crippen molar-refractivity contribution in [3.63, 3.8) is 0 Å². The minimum atomic E-state index is -0.819. The third-order valence-corrected chi connectivity index (χ3v) is 6.79. The van der Waals surface area contributed by atoms with E-state index in [4.69, 9.17) is 4.74 Å². The number of imide groups is 1. The second kappa shape index (κ2) is 9.12. The van der Waals surface area contributed by atoms with Crippen LogP contribution < -0.4 is 10.6 Å². The van der Waals surface area contributed by atoms with Crippen LogP contribution in [0.15, 0.2) is 18.2 Å². The van der Waals surface area contributed by atoms with Crippen LogP contribution in [0.3, 0.4) is 0 Å². The normalized spacial score (nSPS) is 21.4. The number of halogens is 1. The van der Waals surface area contributed by atoms with Crippen molar-refractivity contribution in [2.45, 2.75) is 64.9 Å². The molecule has 184 valence electrons. The standard InChI is InChI=1S/C24H26FN5O5/c1-13-6-7-30-17(8-13)9-16(28-30)12-35-24(34)26-10-14-2-3-15-11-29(23(33)20(15)21(14)25)18-4-5-19(31)27-22(18)32/h2-3,9,13,18H,4-8,10-12H2,1H3,(H,26,34)(H,27,31,32). The molecule has 2 atom stereocenters. The SMILES string of the molecule is CC1CCn2nc(COC(=O)NCc3ccc4c(c3F)C(=O)N(C3CCC(=O)NC3=O)C4)cc2C1. The number of nitrogens with zero attached hydrogens (tertiary/aromatic N) is 3. The first-order valence-corrected chi connectivity index (χ1v) is 11.7. The van der Waals surface area contributed by atoms with Crippen LogP contribution >= 0.6 is 0 Å². The Labute approximate surface area is 200 Å². The van der Waals surface area contributed by atoms with Gasteiger partial charge in [0.15, 0.2) is 0 Å². The van der Waals surface area contributed by atoms with Crippen molar-refractivity contribution in [2.75, 3.05) is 0 Å². The van der Waals surface area contributed by atoms with Crippen LogP contribution in [0.1, 0.15) is 59.1 Å². The fraction of sp³-hybridized carbons (Fsp3) is 0.458. The highest BCUT2D eigenvalue weighted by atomic mass is 19.1. The topological polar surface area (TPSA) is 123 Å². The van der Waals surface area contributed by atoms with Crippen molar-refractivity contribution in [3.8, 4) is 0 Å². The molecule has 1 aromatic carbocycles. The van der Waals surface area contributed by atoms with Gasteiger partial charge in [-0.25, -0.2) is 9.18 Å². The molecule has 3 aliphatic rings. The Morgan fingerprint density at radius 3 is 2.91 bits per heavy atom. The summed E-state index contributed by atoms with van der Waals surface area (Å²) in [6, 6.07) is 4.23. The van der Waals surface area contributed by atoms with E-state index in [1.54, 1.807) is 6.07 Å². The molecule has 2 N–H and O–H groups in total. The van der Waals surface area contributed by atoms with E-state index in [2.05, 4.69) is 22.7 Å². The van der Waals surface area contributed by atoms with Crippen molar-refractivity contribution >= 4 is 23.8 Å². The number of hydrogen-bond acceptors (Lipinski definition) is 6. The first-order chi connectivity index (χ1) is 16.8. The molecule has 0 bridgehead atoms. The maximum atomic E-state index is 15.2. The van der Waals surface area contributed by atoms with Crippen LogP contribution in [0.5, 0.6) is 0 Å². The number of amides is 4. The monoisotopic (exact) mass is 483 g/mol. The van der Waals surface area contributed by atoms with Gasteiger partial charge in [-0.3, -0.25) is 24.4 Å². The third kappa shape index (κ3) is 4.50. The number of carbonyl (C=O) groups excluding carboxylic acids is 4. The molecule has 0 spiro atoms. The van der Waals surface area contributed by atoms with Crippen LogP contribution in [-0.4, -0.2) is 44.5 Å². The number of rotatable bonds is 5. The van der Waals surface area contributed by atoms with E-state index in [1.165, 1.54) is 11.0 Å². The molecule has 0 saturated carbocycles. The van der Waals surface area contributed by atoms with Crippen molar-refractivity contribution in [1.29, 1.82) is 0 Å². The van der Waals surface area contributed by atoms with E-state index >= 15 is 4.39 Å². The molecular formula is C24H26FN5O5. The van der Waals surface area contributed by atoms with Crippen LogP contribution in [0.4, 0.5) is 9.18 Å². The summed E-state index contributed by atoms with van der Waals surface area (Å²) in [5.41, 5.74) is 2.26. The smallest absolute Gasteiger partial charge is 0.407 e. The summed E-state index contributed by atoms with van der Waals surface area (Å²) in [5.74, 6) is -1.68. The van der Waals surface area contributed by atoms with Gasteiger partial charge in [-0.15, -0.1) is 0 Å². The second-order valence-electron chi connectivity index (χ2n) is 9.35. The van der Waals surface area contributed by atoms with Gasteiger partial charge in [0, 0.05) is 37.3 Å². The highest BCUT2D eigenvalue weighted by Gasteiger charge is 2.40. The van der Waals surface area contributed by atoms with Crippen LogP contribution in [0.25, 0.3) is 0 Å². The highest BCUT2D eigenvalue weighted by molar-refractivity contribution is 6.05. The predicted octanol–water partition coefficient (Wildman–Crippen LogP) is 1.79. The van der Waals surface area contributed by atoms with Crippen LogP contribution in [0.2, 0.25) is 0 Å². The Bertz CT molecular complexity index is 1230. The van der Waals surface area contributed by atoms with Gasteiger partial charge in [0.25, 0.3) is 5.91 Å². The van der Waals surface area contributed by atoms with E-state index < -0.39 is 29.8 Å². The van der Waals surface area contributed by atoms with Crippen LogP contribution in [-0.2, 0) is 47.0 Å². The molecule has 35 heavy (non-hydrogen) atoms. The zero-order chi connectivity index (χ0) is 24.7. The van der Waals surface area contributed by atoms with E-state index in [0.29, 0.717) is 17.2 Å². The lowest BCUT2D eigenvalue weighted by Gasteiger charge is -2.29. The molecule has 0 radical (unpaired) electrons. The Hall–Kier alpha value is -3.76. The molecule has 4 amide bonds. The Balaban J connectivity index is 1.18. The summed E-state index contributed by atoms with van der Waals surface area (Å²) in [7, 11) is 0. The van der Waals surface area contributed by atoms with Crippen molar-refractivity contribution in [3.05, 3.63) is 52.1 Å². The van der Waals surface area contributed by atoms with Crippen molar-refractivity contribution in [1.82, 2.24) is 25.3 Å². The van der Waals surface area contributed by atoms with Gasteiger partial charge in [-0.1, -0.05) is 19.1 Å². The Kier molecular flexibility index (Phi) is 6.00. The highest BCUT2D eigenvalue weighted by Crippen LogP contribution is 2.30. The summed E-state index contributed by atoms with van der Waals surface area (Å²) in [6.07, 6.45) is 1.61. The lowest BCUT2D eigenvalue weighted by molar-refractivity contribution is -0.136. The third-order valence-electron chi connectivity index (χ3n) is 6.79. The molecule has 2 aromatic rings. The summed E-state index contributed by atoms with van der Waals surface area (Å²) >= 11 is 0. The van der Waals surface area contributed by atoms with E-state index in [0.717, 1.165) is 25.1 Å². The number of ether oxygens (including phenoxy) is 1. The lowest BCUT2D eigenvalue weighted by atomic mass is 9.98. The number of carbonyl (C=O) groups is 4. The summed E-state index contributed by atoms with van der Waals surface area (Å²) in [6.45, 7) is 2.96. The first-order valence-electron chi connectivity index (χ1n) is 11.7. The number of alkyl carbamates (subject to hydrolysis) is 1. The maximum absolute atomic E-state index is 15.2. The summed E-state index contributed by atoms with van der Waals surface area (Å²) < 4.78 is 22.3. The van der Waals surface area contributed by atoms with E-state index in [-0.39, 0.29) is 49.6 Å². The molecule has 1 saturated heterocycles. The average molecular weight is 484 g/mol.